The maximum Gasteiger partial charge on any atom is 0.106 e. The predicted octanol–water partition coefficient (Wildman–Crippen LogP) is 5.38. The largest absolute Gasteiger partial charge is 0.346 e. The number of rotatable bonds is 7. The Morgan fingerprint density at radius 3 is 1.81 bits per heavy atom. The van der Waals surface area contributed by atoms with Crippen molar-refractivity contribution < 1.29 is 0 Å². The lowest BCUT2D eigenvalue weighted by molar-refractivity contribution is 0.0598. The summed E-state index contributed by atoms with van der Waals surface area (Å²) in [4.78, 5) is 13.8. The van der Waals surface area contributed by atoms with Crippen LogP contribution in [0.1, 0.15) is 61.2 Å². The van der Waals surface area contributed by atoms with Gasteiger partial charge in [-0.05, 0) is 24.0 Å². The van der Waals surface area contributed by atoms with Gasteiger partial charge in [-0.3, -0.25) is 9.80 Å². The monoisotopic (exact) mass is 416 g/mol. The summed E-state index contributed by atoms with van der Waals surface area (Å²) in [6.07, 6.45) is 0.954. The van der Waals surface area contributed by atoms with Gasteiger partial charge in [0.2, 0.25) is 0 Å². The van der Waals surface area contributed by atoms with Crippen LogP contribution >= 0.6 is 0 Å². The summed E-state index contributed by atoms with van der Waals surface area (Å²) in [7, 11) is 0. The fraction of sp³-hybridized carbons (Fsp3) is 0.444. The molecule has 1 saturated heterocycles. The van der Waals surface area contributed by atoms with Crippen molar-refractivity contribution >= 4 is 0 Å². The Labute approximate surface area is 187 Å². The van der Waals surface area contributed by atoms with Crippen LogP contribution in [0.4, 0.5) is 0 Å². The molecule has 0 saturated carbocycles. The number of hydrogen-bond acceptors (Lipinski definition) is 3. The summed E-state index contributed by atoms with van der Waals surface area (Å²) < 4.78 is 0. The second-order valence-corrected chi connectivity index (χ2v) is 9.03. The van der Waals surface area contributed by atoms with Gasteiger partial charge in [-0.15, -0.1) is 0 Å². The zero-order valence-corrected chi connectivity index (χ0v) is 19.4. The quantitative estimate of drug-likeness (QED) is 0.561. The molecule has 0 aliphatic carbocycles. The minimum Gasteiger partial charge on any atom is -0.346 e. The van der Waals surface area contributed by atoms with E-state index >= 15 is 0 Å². The Balaban J connectivity index is 1.55. The Hall–Kier alpha value is -2.43. The zero-order valence-electron chi connectivity index (χ0n) is 19.4. The van der Waals surface area contributed by atoms with E-state index in [2.05, 4.69) is 103 Å². The molecule has 0 spiro atoms. The first-order valence-corrected chi connectivity index (χ1v) is 11.7. The summed E-state index contributed by atoms with van der Waals surface area (Å²) in [5.41, 5.74) is 5.21. The van der Waals surface area contributed by atoms with Gasteiger partial charge in [-0.2, -0.15) is 0 Å². The Bertz CT molecular complexity index is 900. The molecule has 1 fully saturated rings. The molecule has 1 aliphatic rings. The maximum absolute atomic E-state index is 4.96. The first-order valence-electron chi connectivity index (χ1n) is 11.7. The molecule has 164 valence electrons. The van der Waals surface area contributed by atoms with Crippen molar-refractivity contribution in [1.82, 2.24) is 19.8 Å². The zero-order chi connectivity index (χ0) is 21.8. The number of benzene rings is 2. The van der Waals surface area contributed by atoms with Crippen molar-refractivity contribution in [2.24, 2.45) is 5.92 Å². The Kier molecular flexibility index (Phi) is 6.89. The number of aromatic amines is 1. The van der Waals surface area contributed by atoms with Gasteiger partial charge in [-0.1, -0.05) is 81.4 Å². The van der Waals surface area contributed by atoms with Crippen LogP contribution < -0.4 is 0 Å². The molecule has 3 aromatic rings. The molecule has 2 aromatic carbocycles. The summed E-state index contributed by atoms with van der Waals surface area (Å²) >= 11 is 0. The molecule has 4 heteroatoms. The molecule has 1 aliphatic heterocycles. The fourth-order valence-electron chi connectivity index (χ4n) is 5.06. The molecule has 0 amide bonds. The molecule has 2 heterocycles. The van der Waals surface area contributed by atoms with Crippen LogP contribution in [0, 0.1) is 12.8 Å². The van der Waals surface area contributed by atoms with Crippen molar-refractivity contribution in [2.45, 2.75) is 46.2 Å². The van der Waals surface area contributed by atoms with Gasteiger partial charge >= 0.3 is 0 Å². The molecule has 1 N–H and O–H groups in total. The highest BCUT2D eigenvalue weighted by molar-refractivity contribution is 5.32. The van der Waals surface area contributed by atoms with Crippen LogP contribution in [0.5, 0.6) is 0 Å². The number of imidazole rings is 1. The van der Waals surface area contributed by atoms with Crippen LogP contribution in [0.15, 0.2) is 60.7 Å². The summed E-state index contributed by atoms with van der Waals surface area (Å²) in [5, 5.41) is 0. The van der Waals surface area contributed by atoms with E-state index in [-0.39, 0.29) is 0 Å². The number of nitrogens with zero attached hydrogens (tertiary/aromatic N) is 3. The molecular weight excluding hydrogens is 380 g/mol. The van der Waals surface area contributed by atoms with Gasteiger partial charge in [0.1, 0.15) is 5.82 Å². The third kappa shape index (κ3) is 4.76. The average molecular weight is 417 g/mol. The molecule has 4 rings (SSSR count). The second-order valence-electron chi connectivity index (χ2n) is 9.03. The lowest BCUT2D eigenvalue weighted by atomic mass is 9.94. The van der Waals surface area contributed by atoms with E-state index < -0.39 is 0 Å². The van der Waals surface area contributed by atoms with E-state index in [1.165, 1.54) is 22.5 Å². The van der Waals surface area contributed by atoms with Gasteiger partial charge in [0.25, 0.3) is 0 Å². The number of aryl methyl sites for hydroxylation is 2. The number of piperazine rings is 1. The first-order chi connectivity index (χ1) is 15.1. The SMILES string of the molecule is CCc1nc(C(C(C)C)N2CCN(C(c3ccccc3)c3ccccc3)CC2)c(C)[nH]1. The number of aromatic nitrogens is 2. The van der Waals surface area contributed by atoms with Crippen LogP contribution in [0.3, 0.4) is 0 Å². The first kappa shape index (κ1) is 21.8. The lowest BCUT2D eigenvalue weighted by Crippen LogP contribution is -2.50. The van der Waals surface area contributed by atoms with Gasteiger partial charge in [0, 0.05) is 38.3 Å². The lowest BCUT2D eigenvalue weighted by Gasteiger charge is -2.43. The Morgan fingerprint density at radius 1 is 0.839 bits per heavy atom. The van der Waals surface area contributed by atoms with Gasteiger partial charge in [-0.25, -0.2) is 4.98 Å². The fourth-order valence-corrected chi connectivity index (χ4v) is 5.06. The number of nitrogens with one attached hydrogen (secondary N) is 1. The van der Waals surface area contributed by atoms with Crippen molar-refractivity contribution in [2.75, 3.05) is 26.2 Å². The van der Waals surface area contributed by atoms with Gasteiger partial charge in [0.05, 0.1) is 17.8 Å². The van der Waals surface area contributed by atoms with Crippen LogP contribution in [0.2, 0.25) is 0 Å². The second kappa shape index (κ2) is 9.80. The van der Waals surface area contributed by atoms with E-state index in [4.69, 9.17) is 4.98 Å². The minimum absolute atomic E-state index is 0.306. The van der Waals surface area contributed by atoms with E-state index in [9.17, 15) is 0 Å². The highest BCUT2D eigenvalue weighted by Crippen LogP contribution is 2.34. The molecule has 1 unspecified atom stereocenters. The third-order valence-corrected chi connectivity index (χ3v) is 6.56. The molecule has 31 heavy (non-hydrogen) atoms. The van der Waals surface area contributed by atoms with Crippen molar-refractivity contribution in [1.29, 1.82) is 0 Å². The normalized spacial score (nSPS) is 16.8. The minimum atomic E-state index is 0.306. The van der Waals surface area contributed by atoms with Crippen molar-refractivity contribution in [3.63, 3.8) is 0 Å². The van der Waals surface area contributed by atoms with Gasteiger partial charge in [0.15, 0.2) is 0 Å². The highest BCUT2D eigenvalue weighted by atomic mass is 15.3. The van der Waals surface area contributed by atoms with E-state index in [0.29, 0.717) is 18.0 Å². The van der Waals surface area contributed by atoms with Crippen LogP contribution in [-0.4, -0.2) is 45.9 Å². The topological polar surface area (TPSA) is 35.2 Å². The number of H-pyrrole nitrogens is 1. The highest BCUT2D eigenvalue weighted by Gasteiger charge is 2.33. The summed E-state index contributed by atoms with van der Waals surface area (Å²) in [5.74, 6) is 1.63. The standard InChI is InChI=1S/C27H36N4/c1-5-24-28-21(4)25(29-24)26(20(2)3)30-16-18-31(19-17-30)27(22-12-8-6-9-13-22)23-14-10-7-11-15-23/h6-15,20,26-27H,5,16-19H2,1-4H3,(H,28,29). The van der Waals surface area contributed by atoms with Crippen LogP contribution in [-0.2, 0) is 6.42 Å². The third-order valence-electron chi connectivity index (χ3n) is 6.56. The van der Waals surface area contributed by atoms with Crippen molar-refractivity contribution in [3.05, 3.63) is 89.0 Å². The number of hydrogen-bond donors (Lipinski definition) is 1. The van der Waals surface area contributed by atoms with E-state index in [0.717, 1.165) is 38.4 Å². The molecular formula is C27H36N4. The summed E-state index contributed by atoms with van der Waals surface area (Å²) in [6.45, 7) is 13.2. The summed E-state index contributed by atoms with van der Waals surface area (Å²) in [6, 6.07) is 22.6. The predicted molar refractivity (Wildman–Crippen MR) is 128 cm³/mol. The molecule has 1 aromatic heterocycles. The van der Waals surface area contributed by atoms with Crippen LogP contribution in [0.25, 0.3) is 0 Å². The van der Waals surface area contributed by atoms with Gasteiger partial charge < -0.3 is 4.98 Å². The van der Waals surface area contributed by atoms with Crippen molar-refractivity contribution in [3.8, 4) is 0 Å². The van der Waals surface area contributed by atoms with E-state index in [1.54, 1.807) is 0 Å². The average Bonchev–Trinajstić information content (AvgIpc) is 3.17. The molecule has 0 bridgehead atoms. The molecule has 0 radical (unpaired) electrons. The van der Waals surface area contributed by atoms with E-state index in [1.807, 2.05) is 0 Å². The molecule has 1 atom stereocenters. The maximum atomic E-state index is 4.96. The smallest absolute Gasteiger partial charge is 0.106 e. The Morgan fingerprint density at radius 2 is 1.35 bits per heavy atom. The molecule has 4 nitrogen and oxygen atoms in total.